The Balaban J connectivity index is 2.19. The lowest BCUT2D eigenvalue weighted by Crippen LogP contribution is -2.24. The van der Waals surface area contributed by atoms with Gasteiger partial charge in [0.2, 0.25) is 0 Å². The first-order chi connectivity index (χ1) is 8.87. The van der Waals surface area contributed by atoms with Gasteiger partial charge in [0.25, 0.3) is 0 Å². The van der Waals surface area contributed by atoms with Gasteiger partial charge in [-0.15, -0.1) is 21.5 Å². The summed E-state index contributed by atoms with van der Waals surface area (Å²) >= 11 is 1.42. The highest BCUT2D eigenvalue weighted by Gasteiger charge is 2.27. The molecule has 0 spiro atoms. The third-order valence-corrected chi connectivity index (χ3v) is 3.17. The minimum atomic E-state index is -4.27. The summed E-state index contributed by atoms with van der Waals surface area (Å²) in [5.74, 6) is 0. The molecule has 0 atom stereocenters. The molecule has 0 aliphatic heterocycles. The predicted octanol–water partition coefficient (Wildman–Crippen LogP) is 2.20. The maximum atomic E-state index is 11.8. The van der Waals surface area contributed by atoms with Crippen LogP contribution in [-0.4, -0.2) is 42.2 Å². The minimum Gasteiger partial charge on any atom is -0.372 e. The van der Waals surface area contributed by atoms with Crippen molar-refractivity contribution >= 4 is 11.3 Å². The maximum absolute atomic E-state index is 11.8. The average Bonchev–Trinajstić information content (AvgIpc) is 2.71. The summed E-state index contributed by atoms with van der Waals surface area (Å²) in [5.41, 5.74) is 0. The van der Waals surface area contributed by atoms with E-state index in [1.807, 2.05) is 0 Å². The van der Waals surface area contributed by atoms with E-state index < -0.39 is 12.8 Å². The monoisotopic (exact) mass is 297 g/mol. The second-order valence-electron chi connectivity index (χ2n) is 4.37. The van der Waals surface area contributed by atoms with Crippen LogP contribution >= 0.6 is 11.3 Å². The van der Waals surface area contributed by atoms with Crippen LogP contribution in [0, 0.1) is 0 Å². The average molecular weight is 297 g/mol. The van der Waals surface area contributed by atoms with Gasteiger partial charge in [-0.25, -0.2) is 0 Å². The molecule has 0 radical (unpaired) electrons. The first kappa shape index (κ1) is 16.3. The number of nitrogens with zero attached hydrogens (tertiary/aromatic N) is 2. The largest absolute Gasteiger partial charge is 0.411 e. The van der Waals surface area contributed by atoms with E-state index in [2.05, 4.69) is 34.1 Å². The second kappa shape index (κ2) is 7.76. The van der Waals surface area contributed by atoms with Crippen molar-refractivity contribution in [2.24, 2.45) is 0 Å². The van der Waals surface area contributed by atoms with Crippen molar-refractivity contribution in [3.8, 4) is 0 Å². The highest BCUT2D eigenvalue weighted by atomic mass is 32.1. The van der Waals surface area contributed by atoms with Crippen LogP contribution in [0.1, 0.15) is 23.9 Å². The molecule has 0 aliphatic rings. The molecule has 0 aromatic carbocycles. The Morgan fingerprint density at radius 2 is 1.84 bits per heavy atom. The fourth-order valence-electron chi connectivity index (χ4n) is 1.31. The molecular formula is C11H18F3N3OS. The summed E-state index contributed by atoms with van der Waals surface area (Å²) in [4.78, 5) is 0. The molecule has 1 heterocycles. The third-order valence-electron chi connectivity index (χ3n) is 2.13. The van der Waals surface area contributed by atoms with E-state index >= 15 is 0 Å². The van der Waals surface area contributed by atoms with E-state index in [0.717, 1.165) is 18.0 Å². The van der Waals surface area contributed by atoms with Gasteiger partial charge in [0.1, 0.15) is 16.6 Å². The van der Waals surface area contributed by atoms with Gasteiger partial charge in [-0.3, -0.25) is 0 Å². The summed E-state index contributed by atoms with van der Waals surface area (Å²) in [6, 6.07) is 0.420. The van der Waals surface area contributed by atoms with Crippen molar-refractivity contribution in [1.82, 2.24) is 15.5 Å². The Morgan fingerprint density at radius 3 is 2.42 bits per heavy atom. The number of aromatic nitrogens is 2. The molecule has 0 saturated carbocycles. The van der Waals surface area contributed by atoms with Gasteiger partial charge in [-0.1, -0.05) is 13.8 Å². The molecule has 1 aromatic heterocycles. The van der Waals surface area contributed by atoms with Crippen LogP contribution in [-0.2, 0) is 17.6 Å². The zero-order valence-corrected chi connectivity index (χ0v) is 11.8. The van der Waals surface area contributed by atoms with Gasteiger partial charge in [-0.05, 0) is 0 Å². The molecule has 0 aliphatic carbocycles. The van der Waals surface area contributed by atoms with Gasteiger partial charge < -0.3 is 10.1 Å². The van der Waals surface area contributed by atoms with E-state index in [1.165, 1.54) is 11.3 Å². The molecule has 4 nitrogen and oxygen atoms in total. The molecule has 8 heteroatoms. The molecular weight excluding hydrogens is 279 g/mol. The molecule has 0 bridgehead atoms. The van der Waals surface area contributed by atoms with Crippen LogP contribution in [0.2, 0.25) is 0 Å². The maximum Gasteiger partial charge on any atom is 0.411 e. The molecule has 19 heavy (non-hydrogen) atoms. The Labute approximate surface area is 114 Å². The first-order valence-electron chi connectivity index (χ1n) is 6.06. The smallest absolute Gasteiger partial charge is 0.372 e. The van der Waals surface area contributed by atoms with E-state index in [4.69, 9.17) is 0 Å². The molecule has 1 rings (SSSR count). The fraction of sp³-hybridized carbons (Fsp3) is 0.818. The molecule has 0 unspecified atom stereocenters. The van der Waals surface area contributed by atoms with Crippen LogP contribution in [0.3, 0.4) is 0 Å². The minimum absolute atomic E-state index is 0.0123. The van der Waals surface area contributed by atoms with Crippen molar-refractivity contribution in [3.63, 3.8) is 0 Å². The lowest BCUT2D eigenvalue weighted by molar-refractivity contribution is -0.173. The molecule has 1 N–H and O–H groups in total. The SMILES string of the molecule is CC(C)NCCc1nnc(CCOCC(F)(F)F)s1. The number of halogens is 3. The highest BCUT2D eigenvalue weighted by molar-refractivity contribution is 7.11. The van der Waals surface area contributed by atoms with Gasteiger partial charge >= 0.3 is 6.18 Å². The van der Waals surface area contributed by atoms with Crippen LogP contribution in [0.4, 0.5) is 13.2 Å². The summed E-state index contributed by atoms with van der Waals surface area (Å²) in [6.45, 7) is 3.74. The van der Waals surface area contributed by atoms with Crippen molar-refractivity contribution in [2.75, 3.05) is 19.8 Å². The Kier molecular flexibility index (Phi) is 6.67. The molecule has 0 saturated heterocycles. The van der Waals surface area contributed by atoms with Crippen molar-refractivity contribution < 1.29 is 17.9 Å². The molecule has 1 aromatic rings. The van der Waals surface area contributed by atoms with Gasteiger partial charge in [0.05, 0.1) is 6.61 Å². The molecule has 110 valence electrons. The summed E-state index contributed by atoms with van der Waals surface area (Å²) < 4.78 is 40.0. The number of nitrogens with one attached hydrogen (secondary N) is 1. The summed E-state index contributed by atoms with van der Waals surface area (Å²) in [6.07, 6.45) is -3.13. The number of hydrogen-bond donors (Lipinski definition) is 1. The number of rotatable bonds is 8. The predicted molar refractivity (Wildman–Crippen MR) is 67.3 cm³/mol. The zero-order chi connectivity index (χ0) is 14.3. The van der Waals surface area contributed by atoms with Gasteiger partial charge in [0.15, 0.2) is 0 Å². The third kappa shape index (κ3) is 8.12. The zero-order valence-electron chi connectivity index (χ0n) is 11.0. The van der Waals surface area contributed by atoms with Crippen LogP contribution in [0.5, 0.6) is 0 Å². The van der Waals surface area contributed by atoms with Crippen LogP contribution in [0.15, 0.2) is 0 Å². The van der Waals surface area contributed by atoms with E-state index in [9.17, 15) is 13.2 Å². The first-order valence-corrected chi connectivity index (χ1v) is 6.87. The van der Waals surface area contributed by atoms with Crippen molar-refractivity contribution in [2.45, 2.75) is 38.9 Å². The summed E-state index contributed by atoms with van der Waals surface area (Å²) in [7, 11) is 0. The number of hydrogen-bond acceptors (Lipinski definition) is 5. The van der Waals surface area contributed by atoms with Crippen LogP contribution < -0.4 is 5.32 Å². The Bertz CT molecular complexity index is 368. The lowest BCUT2D eigenvalue weighted by atomic mass is 10.3. The van der Waals surface area contributed by atoms with Gasteiger partial charge in [0, 0.05) is 25.4 Å². The Morgan fingerprint density at radius 1 is 1.21 bits per heavy atom. The molecule has 0 fully saturated rings. The fourth-order valence-corrected chi connectivity index (χ4v) is 2.13. The number of alkyl halides is 3. The molecule has 0 amide bonds. The normalized spacial score (nSPS) is 12.3. The van der Waals surface area contributed by atoms with Crippen LogP contribution in [0.25, 0.3) is 0 Å². The Hall–Kier alpha value is -0.730. The van der Waals surface area contributed by atoms with E-state index in [0.29, 0.717) is 17.5 Å². The van der Waals surface area contributed by atoms with E-state index in [-0.39, 0.29) is 6.61 Å². The van der Waals surface area contributed by atoms with Crippen molar-refractivity contribution in [1.29, 1.82) is 0 Å². The number of ether oxygens (including phenoxy) is 1. The lowest BCUT2D eigenvalue weighted by Gasteiger charge is -2.06. The van der Waals surface area contributed by atoms with E-state index in [1.54, 1.807) is 0 Å². The quantitative estimate of drug-likeness (QED) is 0.747. The topological polar surface area (TPSA) is 47.0 Å². The van der Waals surface area contributed by atoms with Crippen molar-refractivity contribution in [3.05, 3.63) is 10.0 Å². The second-order valence-corrected chi connectivity index (χ2v) is 5.51. The highest BCUT2D eigenvalue weighted by Crippen LogP contribution is 2.15. The summed E-state index contributed by atoms with van der Waals surface area (Å²) in [5, 5.41) is 12.8. The van der Waals surface area contributed by atoms with Gasteiger partial charge in [-0.2, -0.15) is 13.2 Å². The standard InChI is InChI=1S/C11H18F3N3OS/c1-8(2)15-5-3-9-16-17-10(19-9)4-6-18-7-11(12,13)14/h8,15H,3-7H2,1-2H3.